The van der Waals surface area contributed by atoms with Gasteiger partial charge in [0, 0.05) is 12.3 Å². The Kier molecular flexibility index (Phi) is 11.0. The quantitative estimate of drug-likeness (QED) is 0.249. The number of aliphatic hydroxyl groups excluding tert-OH is 2. The Hall–Kier alpha value is -2.64. The summed E-state index contributed by atoms with van der Waals surface area (Å²) in [5.74, 6) is -1.86. The van der Waals surface area contributed by atoms with Gasteiger partial charge in [0.1, 0.15) is 22.5 Å². The molecule has 12 heteroatoms. The van der Waals surface area contributed by atoms with Gasteiger partial charge in [-0.3, -0.25) is 9.59 Å². The van der Waals surface area contributed by atoms with Crippen molar-refractivity contribution in [2.75, 3.05) is 0 Å². The number of benzene rings is 1. The van der Waals surface area contributed by atoms with E-state index in [2.05, 4.69) is 4.98 Å². The largest absolute Gasteiger partial charge is 0.458 e. The van der Waals surface area contributed by atoms with Gasteiger partial charge in [-0.05, 0) is 63.3 Å². The molecular formula is C33H45NO9S2. The molecule has 248 valence electrons. The molecule has 0 amide bonds. The molecular weight excluding hydrogens is 618 g/mol. The fraction of sp³-hybridized carbons (Fsp3) is 0.606. The molecule has 0 radical (unpaired) electrons. The van der Waals surface area contributed by atoms with E-state index in [4.69, 9.17) is 13.7 Å². The summed E-state index contributed by atoms with van der Waals surface area (Å²) in [5, 5.41) is 22.6. The molecule has 10 nitrogen and oxygen atoms in total. The maximum absolute atomic E-state index is 13.3. The van der Waals surface area contributed by atoms with Crippen LogP contribution in [0.15, 0.2) is 34.7 Å². The van der Waals surface area contributed by atoms with Crippen LogP contribution in [0.25, 0.3) is 6.08 Å². The number of aryl methyl sites for hydroxylation is 2. The van der Waals surface area contributed by atoms with Gasteiger partial charge < -0.3 is 23.9 Å². The minimum Gasteiger partial charge on any atom is -0.458 e. The van der Waals surface area contributed by atoms with Gasteiger partial charge in [0.05, 0.1) is 41.3 Å². The Labute approximate surface area is 269 Å². The zero-order chi connectivity index (χ0) is 33.3. The lowest BCUT2D eigenvalue weighted by Gasteiger charge is -2.34. The molecule has 0 aliphatic carbocycles. The van der Waals surface area contributed by atoms with Crippen LogP contribution in [0.3, 0.4) is 0 Å². The second kappa shape index (κ2) is 14.0. The van der Waals surface area contributed by atoms with Crippen molar-refractivity contribution in [3.05, 3.63) is 46.1 Å². The summed E-state index contributed by atoms with van der Waals surface area (Å²) >= 11 is 1.09. The van der Waals surface area contributed by atoms with Crippen molar-refractivity contribution < 1.29 is 41.9 Å². The second-order valence-electron chi connectivity index (χ2n) is 13.1. The van der Waals surface area contributed by atoms with Gasteiger partial charge in [-0.1, -0.05) is 63.1 Å². The molecule has 4 rings (SSSR count). The molecule has 2 aliphatic heterocycles. The maximum atomic E-state index is 13.3. The number of epoxide rings is 1. The third kappa shape index (κ3) is 8.59. The smallest absolute Gasteiger partial charge is 0.340 e. The monoisotopic (exact) mass is 663 g/mol. The molecule has 2 saturated heterocycles. The van der Waals surface area contributed by atoms with Crippen molar-refractivity contribution in [1.29, 1.82) is 0 Å². The highest BCUT2D eigenvalue weighted by atomic mass is 32.2. The summed E-state index contributed by atoms with van der Waals surface area (Å²) in [5.41, 5.74) is 0.500. The van der Waals surface area contributed by atoms with E-state index in [0.717, 1.165) is 29.7 Å². The van der Waals surface area contributed by atoms with Crippen LogP contribution in [0, 0.1) is 31.1 Å². The number of Topliss-reactive ketones (excluding diaryl/α,β-unsaturated/α-hetero) is 1. The average molecular weight is 664 g/mol. The molecule has 2 aromatic rings. The van der Waals surface area contributed by atoms with Crippen LogP contribution < -0.4 is 4.18 Å². The number of aromatic nitrogens is 1. The molecule has 1 aromatic carbocycles. The normalized spacial score (nSPS) is 30.3. The number of carbonyl (C=O) groups excluding carboxylic acids is 2. The SMILES string of the molecule is C/C(=C\c1nc(C)sc1OS(=O)(=O)c1ccc(C)cc1)[C@@H]1C[C@@H]2O[C@@H]2CCC[C@H](C)C(O)[C@@H](C)C(=O)C(C)(C)[C@@H](O)CC(=O)O1. The van der Waals surface area contributed by atoms with Crippen LogP contribution >= 0.6 is 11.3 Å². The molecule has 2 N–H and O–H groups in total. The first-order valence-corrected chi connectivity index (χ1v) is 17.6. The summed E-state index contributed by atoms with van der Waals surface area (Å²) < 4.78 is 43.4. The maximum Gasteiger partial charge on any atom is 0.340 e. The highest BCUT2D eigenvalue weighted by Gasteiger charge is 2.44. The molecule has 0 spiro atoms. The molecule has 1 unspecified atom stereocenters. The lowest BCUT2D eigenvalue weighted by atomic mass is 9.73. The number of ketones is 1. The molecule has 2 fully saturated rings. The zero-order valence-electron chi connectivity index (χ0n) is 27.0. The number of esters is 1. The predicted molar refractivity (Wildman–Crippen MR) is 170 cm³/mol. The summed E-state index contributed by atoms with van der Waals surface area (Å²) in [6.45, 7) is 12.1. The average Bonchev–Trinajstić information content (AvgIpc) is 3.62. The van der Waals surface area contributed by atoms with Crippen LogP contribution in [-0.2, 0) is 29.2 Å². The standard InChI is InChI=1S/C33H45NO9S2/c1-18-11-13-23(14-12-18)45(39,40)43-32-24(34-22(5)44-32)15-20(3)26-16-27-25(41-27)10-8-9-19(2)30(37)21(4)31(38)33(6,7)28(35)17-29(36)42-26/h11-15,19,21,25-28,30,35,37H,8-10,16-17H2,1-7H3/b20-15+/t19-,21+,25+,26-,27-,28-,30?/m0/s1. The molecule has 0 saturated carbocycles. The van der Waals surface area contributed by atoms with Gasteiger partial charge in [0.2, 0.25) is 5.06 Å². The fourth-order valence-corrected chi connectivity index (χ4v) is 7.62. The van der Waals surface area contributed by atoms with Gasteiger partial charge in [0.15, 0.2) is 0 Å². The molecule has 45 heavy (non-hydrogen) atoms. The van der Waals surface area contributed by atoms with E-state index in [1.54, 1.807) is 52.8 Å². The number of thiazole rings is 1. The molecule has 0 bridgehead atoms. The molecule has 3 heterocycles. The van der Waals surface area contributed by atoms with Crippen LogP contribution in [0.1, 0.15) is 83.0 Å². The molecule has 7 atom stereocenters. The first-order valence-electron chi connectivity index (χ1n) is 15.4. The summed E-state index contributed by atoms with van der Waals surface area (Å²) in [6.07, 6.45) is 0.699. The van der Waals surface area contributed by atoms with E-state index in [-0.39, 0.29) is 39.6 Å². The van der Waals surface area contributed by atoms with Crippen molar-refractivity contribution in [2.45, 2.75) is 116 Å². The third-order valence-electron chi connectivity index (χ3n) is 8.99. The lowest BCUT2D eigenvalue weighted by Crippen LogP contribution is -2.45. The number of aliphatic hydroxyl groups is 2. The topological polar surface area (TPSA) is 153 Å². The zero-order valence-corrected chi connectivity index (χ0v) is 28.6. The van der Waals surface area contributed by atoms with Crippen molar-refractivity contribution in [2.24, 2.45) is 17.3 Å². The van der Waals surface area contributed by atoms with Crippen molar-refractivity contribution in [1.82, 2.24) is 4.98 Å². The number of carbonyl (C=O) groups is 2. The number of nitrogens with zero attached hydrogens (tertiary/aromatic N) is 1. The minimum absolute atomic E-state index is 0.0208. The van der Waals surface area contributed by atoms with E-state index in [0.29, 0.717) is 23.4 Å². The summed E-state index contributed by atoms with van der Waals surface area (Å²) in [6, 6.07) is 6.35. The first kappa shape index (κ1) is 35.2. The van der Waals surface area contributed by atoms with Crippen molar-refractivity contribution >= 4 is 39.3 Å². The van der Waals surface area contributed by atoms with E-state index >= 15 is 0 Å². The predicted octanol–water partition coefficient (Wildman–Crippen LogP) is 5.16. The summed E-state index contributed by atoms with van der Waals surface area (Å²) in [4.78, 5) is 31.0. The van der Waals surface area contributed by atoms with Gasteiger partial charge in [-0.2, -0.15) is 8.42 Å². The number of cyclic esters (lactones) is 1. The van der Waals surface area contributed by atoms with Gasteiger partial charge >= 0.3 is 16.1 Å². The first-order chi connectivity index (χ1) is 21.0. The minimum atomic E-state index is -4.12. The molecule has 1 aromatic heterocycles. The summed E-state index contributed by atoms with van der Waals surface area (Å²) in [7, 11) is -4.12. The highest BCUT2D eigenvalue weighted by molar-refractivity contribution is 7.87. The van der Waals surface area contributed by atoms with E-state index in [9.17, 15) is 28.2 Å². The van der Waals surface area contributed by atoms with E-state index in [1.807, 2.05) is 13.8 Å². The third-order valence-corrected chi connectivity index (χ3v) is 11.2. The number of fused-ring (bicyclic) bond motifs is 1. The van der Waals surface area contributed by atoms with Gasteiger partial charge in [-0.15, -0.1) is 0 Å². The van der Waals surface area contributed by atoms with Crippen LogP contribution in [0.5, 0.6) is 5.06 Å². The van der Waals surface area contributed by atoms with Crippen molar-refractivity contribution in [3.8, 4) is 5.06 Å². The van der Waals surface area contributed by atoms with E-state index in [1.165, 1.54) is 12.1 Å². The van der Waals surface area contributed by atoms with Crippen LogP contribution in [0.2, 0.25) is 0 Å². The number of hydrogen-bond donors (Lipinski definition) is 2. The van der Waals surface area contributed by atoms with E-state index < -0.39 is 52.2 Å². The highest BCUT2D eigenvalue weighted by Crippen LogP contribution is 2.38. The Bertz CT molecular complexity index is 1510. The number of rotatable bonds is 5. The second-order valence-corrected chi connectivity index (χ2v) is 15.8. The van der Waals surface area contributed by atoms with Crippen LogP contribution in [-0.4, -0.2) is 65.9 Å². The van der Waals surface area contributed by atoms with Crippen molar-refractivity contribution in [3.63, 3.8) is 0 Å². The van der Waals surface area contributed by atoms with Crippen LogP contribution in [0.4, 0.5) is 0 Å². The number of ether oxygens (including phenoxy) is 2. The molecule has 2 aliphatic rings. The number of hydrogen-bond acceptors (Lipinski definition) is 11. The Morgan fingerprint density at radius 1 is 1.09 bits per heavy atom. The fourth-order valence-electron chi connectivity index (χ4n) is 5.75. The lowest BCUT2D eigenvalue weighted by molar-refractivity contribution is -0.154. The Morgan fingerprint density at radius 2 is 1.76 bits per heavy atom. The van der Waals surface area contributed by atoms with Gasteiger partial charge in [-0.25, -0.2) is 4.98 Å². The Balaban J connectivity index is 1.59. The van der Waals surface area contributed by atoms with Gasteiger partial charge in [0.25, 0.3) is 0 Å². The Morgan fingerprint density at radius 3 is 2.42 bits per heavy atom.